The van der Waals surface area contributed by atoms with Crippen LogP contribution in [-0.2, 0) is 19.3 Å². The summed E-state index contributed by atoms with van der Waals surface area (Å²) in [6.45, 7) is 0. The molecule has 2 aliphatic rings. The average molecular weight is 297 g/mol. The Bertz CT molecular complexity index is 681. The van der Waals surface area contributed by atoms with Crippen molar-refractivity contribution in [1.29, 1.82) is 0 Å². The smallest absolute Gasteiger partial charge is 0.264 e. The standard InChI is InChI=1S/C18H19NOS/c1-19(15-10-9-12-5-2-3-7-14(12)15)18(20)17-11-13-6-4-8-16(13)21-17/h2-3,5,7,11,15H,4,6,8-10H2,1H3. The van der Waals surface area contributed by atoms with Gasteiger partial charge in [0.1, 0.15) is 0 Å². The summed E-state index contributed by atoms with van der Waals surface area (Å²) < 4.78 is 0. The number of rotatable bonds is 2. The van der Waals surface area contributed by atoms with E-state index >= 15 is 0 Å². The number of carbonyl (C=O) groups excluding carboxylic acids is 1. The number of hydrogen-bond donors (Lipinski definition) is 0. The van der Waals surface area contributed by atoms with Crippen molar-refractivity contribution in [3.8, 4) is 0 Å². The molecule has 108 valence electrons. The molecule has 2 aliphatic carbocycles. The zero-order valence-corrected chi connectivity index (χ0v) is 13.1. The monoisotopic (exact) mass is 297 g/mol. The van der Waals surface area contributed by atoms with Gasteiger partial charge in [-0.1, -0.05) is 24.3 Å². The Morgan fingerprint density at radius 1 is 1.19 bits per heavy atom. The second-order valence-electron chi connectivity index (χ2n) is 6.08. The summed E-state index contributed by atoms with van der Waals surface area (Å²) >= 11 is 1.71. The third-order valence-electron chi connectivity index (χ3n) is 4.85. The molecule has 1 aromatic carbocycles. The maximum absolute atomic E-state index is 12.8. The van der Waals surface area contributed by atoms with Gasteiger partial charge in [-0.05, 0) is 54.9 Å². The van der Waals surface area contributed by atoms with Crippen LogP contribution in [0.2, 0.25) is 0 Å². The van der Waals surface area contributed by atoms with Crippen LogP contribution < -0.4 is 0 Å². The number of thiophene rings is 1. The molecule has 1 unspecified atom stereocenters. The summed E-state index contributed by atoms with van der Waals surface area (Å²) in [6, 6.07) is 10.9. The molecule has 3 heteroatoms. The highest BCUT2D eigenvalue weighted by molar-refractivity contribution is 7.14. The number of fused-ring (bicyclic) bond motifs is 2. The lowest BCUT2D eigenvalue weighted by atomic mass is 10.1. The van der Waals surface area contributed by atoms with Gasteiger partial charge in [0.05, 0.1) is 10.9 Å². The van der Waals surface area contributed by atoms with Gasteiger partial charge in [0.15, 0.2) is 0 Å². The maximum atomic E-state index is 12.8. The van der Waals surface area contributed by atoms with Crippen LogP contribution in [0.4, 0.5) is 0 Å². The Balaban J connectivity index is 1.60. The summed E-state index contributed by atoms with van der Waals surface area (Å²) in [5.41, 5.74) is 4.14. The fourth-order valence-corrected chi connectivity index (χ4v) is 4.92. The quantitative estimate of drug-likeness (QED) is 0.820. The minimum Gasteiger partial charge on any atom is -0.334 e. The first kappa shape index (κ1) is 13.1. The predicted molar refractivity (Wildman–Crippen MR) is 85.9 cm³/mol. The molecule has 0 saturated carbocycles. The van der Waals surface area contributed by atoms with Gasteiger partial charge in [0, 0.05) is 11.9 Å². The number of aryl methyl sites for hydroxylation is 3. The van der Waals surface area contributed by atoms with E-state index in [1.165, 1.54) is 28.0 Å². The fourth-order valence-electron chi connectivity index (χ4n) is 3.69. The highest BCUT2D eigenvalue weighted by Gasteiger charge is 2.30. The SMILES string of the molecule is CN(C(=O)c1cc2c(s1)CCC2)C1CCc2ccccc21. The van der Waals surface area contributed by atoms with Crippen LogP contribution in [0.1, 0.15) is 50.1 Å². The number of amides is 1. The molecule has 1 atom stereocenters. The van der Waals surface area contributed by atoms with E-state index in [4.69, 9.17) is 0 Å². The zero-order chi connectivity index (χ0) is 14.4. The van der Waals surface area contributed by atoms with Gasteiger partial charge in [-0.15, -0.1) is 11.3 Å². The summed E-state index contributed by atoms with van der Waals surface area (Å²) in [5, 5.41) is 0. The van der Waals surface area contributed by atoms with Gasteiger partial charge < -0.3 is 4.90 Å². The molecule has 0 saturated heterocycles. The molecule has 1 heterocycles. The van der Waals surface area contributed by atoms with E-state index in [9.17, 15) is 4.79 Å². The third kappa shape index (κ3) is 2.11. The average Bonchev–Trinajstić information content (AvgIpc) is 3.19. The molecule has 0 aliphatic heterocycles. The van der Waals surface area contributed by atoms with Gasteiger partial charge in [-0.3, -0.25) is 4.79 Å². The molecule has 4 rings (SSSR count). The van der Waals surface area contributed by atoms with Crippen molar-refractivity contribution in [1.82, 2.24) is 4.90 Å². The normalized spacial score (nSPS) is 19.4. The molecular formula is C18H19NOS. The summed E-state index contributed by atoms with van der Waals surface area (Å²) in [7, 11) is 1.96. The van der Waals surface area contributed by atoms with E-state index in [1.54, 1.807) is 11.3 Å². The molecule has 0 fully saturated rings. The van der Waals surface area contributed by atoms with E-state index in [1.807, 2.05) is 11.9 Å². The largest absolute Gasteiger partial charge is 0.334 e. The first-order chi connectivity index (χ1) is 10.2. The van der Waals surface area contributed by atoms with E-state index in [-0.39, 0.29) is 11.9 Å². The summed E-state index contributed by atoms with van der Waals surface area (Å²) in [6.07, 6.45) is 5.69. The van der Waals surface area contributed by atoms with Crippen LogP contribution >= 0.6 is 11.3 Å². The molecule has 0 N–H and O–H groups in total. The van der Waals surface area contributed by atoms with E-state index in [2.05, 4.69) is 30.3 Å². The summed E-state index contributed by atoms with van der Waals surface area (Å²) in [4.78, 5) is 17.1. The van der Waals surface area contributed by atoms with E-state index in [0.717, 1.165) is 30.6 Å². The Labute approximate surface area is 129 Å². The van der Waals surface area contributed by atoms with Crippen molar-refractivity contribution < 1.29 is 4.79 Å². The van der Waals surface area contributed by atoms with E-state index in [0.29, 0.717) is 0 Å². The lowest BCUT2D eigenvalue weighted by Gasteiger charge is -2.25. The maximum Gasteiger partial charge on any atom is 0.264 e. The molecule has 1 aromatic heterocycles. The molecule has 2 aromatic rings. The van der Waals surface area contributed by atoms with Gasteiger partial charge in [0.2, 0.25) is 0 Å². The van der Waals surface area contributed by atoms with Crippen molar-refractivity contribution in [3.05, 3.63) is 56.8 Å². The lowest BCUT2D eigenvalue weighted by molar-refractivity contribution is 0.0735. The molecule has 1 amide bonds. The van der Waals surface area contributed by atoms with Crippen LogP contribution in [0.25, 0.3) is 0 Å². The van der Waals surface area contributed by atoms with Gasteiger partial charge in [0.25, 0.3) is 5.91 Å². The van der Waals surface area contributed by atoms with Crippen molar-refractivity contribution >= 4 is 17.2 Å². The number of carbonyl (C=O) groups is 1. The number of nitrogens with zero attached hydrogens (tertiary/aromatic N) is 1. The first-order valence-corrected chi connectivity index (χ1v) is 8.52. The molecule has 21 heavy (non-hydrogen) atoms. The van der Waals surface area contributed by atoms with Crippen LogP contribution in [0, 0.1) is 0 Å². The number of hydrogen-bond acceptors (Lipinski definition) is 2. The molecule has 2 nitrogen and oxygen atoms in total. The van der Waals surface area contributed by atoms with Gasteiger partial charge in [-0.25, -0.2) is 0 Å². The van der Waals surface area contributed by atoms with Gasteiger partial charge >= 0.3 is 0 Å². The van der Waals surface area contributed by atoms with Crippen LogP contribution in [0.5, 0.6) is 0 Å². The predicted octanol–water partition coefficient (Wildman–Crippen LogP) is 4.00. The molecule has 0 bridgehead atoms. The Kier molecular flexibility index (Phi) is 3.11. The molecule has 0 spiro atoms. The molecular weight excluding hydrogens is 278 g/mol. The Hall–Kier alpha value is -1.61. The highest BCUT2D eigenvalue weighted by Crippen LogP contribution is 2.37. The number of benzene rings is 1. The van der Waals surface area contributed by atoms with Crippen molar-refractivity contribution in [2.45, 2.75) is 38.1 Å². The van der Waals surface area contributed by atoms with Crippen molar-refractivity contribution in [2.75, 3.05) is 7.05 Å². The second kappa shape index (κ2) is 4.99. The lowest BCUT2D eigenvalue weighted by Crippen LogP contribution is -2.29. The topological polar surface area (TPSA) is 20.3 Å². The highest BCUT2D eigenvalue weighted by atomic mass is 32.1. The van der Waals surface area contributed by atoms with Gasteiger partial charge in [-0.2, -0.15) is 0 Å². The molecule has 0 radical (unpaired) electrons. The first-order valence-electron chi connectivity index (χ1n) is 7.70. The minimum atomic E-state index is 0.191. The van der Waals surface area contributed by atoms with Crippen molar-refractivity contribution in [2.24, 2.45) is 0 Å². The zero-order valence-electron chi connectivity index (χ0n) is 12.3. The Morgan fingerprint density at radius 3 is 2.90 bits per heavy atom. The van der Waals surface area contributed by atoms with Crippen LogP contribution in [-0.4, -0.2) is 17.9 Å². The minimum absolute atomic E-state index is 0.191. The summed E-state index contributed by atoms with van der Waals surface area (Å²) in [5.74, 6) is 0.191. The van der Waals surface area contributed by atoms with Crippen LogP contribution in [0.15, 0.2) is 30.3 Å². The van der Waals surface area contributed by atoms with Crippen LogP contribution in [0.3, 0.4) is 0 Å². The fraction of sp³-hybridized carbons (Fsp3) is 0.389. The Morgan fingerprint density at radius 2 is 2.05 bits per heavy atom. The van der Waals surface area contributed by atoms with E-state index < -0.39 is 0 Å². The second-order valence-corrected chi connectivity index (χ2v) is 7.22. The third-order valence-corrected chi connectivity index (χ3v) is 6.07. The van der Waals surface area contributed by atoms with Crippen molar-refractivity contribution in [3.63, 3.8) is 0 Å².